The summed E-state index contributed by atoms with van der Waals surface area (Å²) in [5.41, 5.74) is 6.71. The maximum Gasteiger partial charge on any atom is 0.121 e. The van der Waals surface area contributed by atoms with E-state index in [1.807, 2.05) is 0 Å². The molecule has 43 heavy (non-hydrogen) atoms. The normalized spacial score (nSPS) is 32.3. The number of aliphatic hydroxyl groups is 2. The molecule has 234 valence electrons. The summed E-state index contributed by atoms with van der Waals surface area (Å²) >= 11 is 0. The van der Waals surface area contributed by atoms with Gasteiger partial charge in [-0.15, -0.1) is 0 Å². The molecule has 0 radical (unpaired) electrons. The van der Waals surface area contributed by atoms with E-state index in [9.17, 15) is 10.2 Å². The van der Waals surface area contributed by atoms with Crippen LogP contribution in [0.4, 0.5) is 0 Å². The summed E-state index contributed by atoms with van der Waals surface area (Å²) < 4.78 is 6.25. The van der Waals surface area contributed by atoms with Gasteiger partial charge in [-0.2, -0.15) is 0 Å². The summed E-state index contributed by atoms with van der Waals surface area (Å²) in [5, 5.41) is 20.4. The van der Waals surface area contributed by atoms with Crippen LogP contribution in [0, 0.1) is 10.8 Å². The van der Waals surface area contributed by atoms with Crippen molar-refractivity contribution in [2.75, 3.05) is 0 Å². The molecule has 0 unspecified atom stereocenters. The zero-order valence-electron chi connectivity index (χ0n) is 28.4. The Bertz CT molecular complexity index is 1330. The molecule has 3 nitrogen and oxygen atoms in total. The van der Waals surface area contributed by atoms with Gasteiger partial charge in [0, 0.05) is 11.8 Å². The second kappa shape index (κ2) is 13.9. The SMILES string of the molecule is CC1=C(/C=C/C(C)=C/C=C/C(C)=C/C=C/C=C(C)/C=C/C=C(C)/C=C/[C@@]23O[C@]2(C)C[C@@H](O)CC3(C)C)C(C)(C)C[C@H](O)C1. The van der Waals surface area contributed by atoms with Gasteiger partial charge in [-0.1, -0.05) is 135 Å². The van der Waals surface area contributed by atoms with Crippen LogP contribution in [-0.4, -0.2) is 33.6 Å². The van der Waals surface area contributed by atoms with E-state index in [-0.39, 0.29) is 34.2 Å². The number of ether oxygens (including phenoxy) is 1. The molecule has 2 N–H and O–H groups in total. The third-order valence-electron chi connectivity index (χ3n) is 9.34. The lowest BCUT2D eigenvalue weighted by Gasteiger charge is -2.39. The van der Waals surface area contributed by atoms with Crippen molar-refractivity contribution >= 4 is 0 Å². The van der Waals surface area contributed by atoms with Crippen LogP contribution in [0.5, 0.6) is 0 Å². The fourth-order valence-electron chi connectivity index (χ4n) is 7.06. The van der Waals surface area contributed by atoms with Crippen LogP contribution in [0.15, 0.2) is 119 Å². The molecule has 0 aromatic rings. The Morgan fingerprint density at radius 1 is 0.674 bits per heavy atom. The molecule has 1 saturated carbocycles. The molecule has 0 amide bonds. The van der Waals surface area contributed by atoms with E-state index in [4.69, 9.17) is 4.74 Å². The molecule has 0 bridgehead atoms. The van der Waals surface area contributed by atoms with E-state index < -0.39 is 0 Å². The van der Waals surface area contributed by atoms with Crippen molar-refractivity contribution in [1.82, 2.24) is 0 Å². The van der Waals surface area contributed by atoms with E-state index in [0.717, 1.165) is 19.3 Å². The van der Waals surface area contributed by atoms with Gasteiger partial charge in [0.1, 0.15) is 11.2 Å². The summed E-state index contributed by atoms with van der Waals surface area (Å²) in [6.07, 6.45) is 32.3. The molecule has 0 spiro atoms. The maximum absolute atomic E-state index is 10.2. The Hall–Kier alpha value is -2.72. The lowest BCUT2D eigenvalue weighted by Crippen LogP contribution is -2.46. The fraction of sp³-hybridized carbons (Fsp3) is 0.500. The molecular weight excluding hydrogens is 528 g/mol. The predicted molar refractivity (Wildman–Crippen MR) is 184 cm³/mol. The highest BCUT2D eigenvalue weighted by Crippen LogP contribution is 2.66. The van der Waals surface area contributed by atoms with Gasteiger partial charge in [-0.05, 0) is 77.9 Å². The average molecular weight is 585 g/mol. The van der Waals surface area contributed by atoms with Gasteiger partial charge < -0.3 is 14.9 Å². The van der Waals surface area contributed by atoms with Gasteiger partial charge in [0.15, 0.2) is 0 Å². The summed E-state index contributed by atoms with van der Waals surface area (Å²) in [7, 11) is 0. The Kier molecular flexibility index (Phi) is 11.3. The van der Waals surface area contributed by atoms with Gasteiger partial charge in [0.25, 0.3) is 0 Å². The van der Waals surface area contributed by atoms with Crippen LogP contribution in [0.3, 0.4) is 0 Å². The number of hydrogen-bond donors (Lipinski definition) is 2. The van der Waals surface area contributed by atoms with Crippen molar-refractivity contribution in [2.45, 2.75) is 118 Å². The standard InChI is InChI=1S/C40H56O3/c1-29(17-13-19-31(3)21-22-36-33(5)25-34(41)26-37(36,6)7)15-11-12-16-30(2)18-14-20-32(4)23-24-40-38(8,9)27-35(42)28-39(40,10)43-40/h11-24,34-35,41-42H,25-28H2,1-10H3/b12-11+,17-13+,18-14+,22-21+,24-23+,29-15+,30-16+,31-19+,32-20+/t34-,35+,39-,40+/m1/s1. The van der Waals surface area contributed by atoms with Gasteiger partial charge in [-0.25, -0.2) is 0 Å². The van der Waals surface area contributed by atoms with Gasteiger partial charge in [0.2, 0.25) is 0 Å². The molecule has 2 fully saturated rings. The minimum Gasteiger partial charge on any atom is -0.393 e. The third kappa shape index (κ3) is 8.91. The van der Waals surface area contributed by atoms with Crippen molar-refractivity contribution in [3.8, 4) is 0 Å². The zero-order chi connectivity index (χ0) is 32.1. The van der Waals surface area contributed by atoms with Crippen molar-refractivity contribution < 1.29 is 14.9 Å². The molecule has 3 aliphatic rings. The Morgan fingerprint density at radius 2 is 1.19 bits per heavy atom. The highest BCUT2D eigenvalue weighted by molar-refractivity contribution is 5.39. The number of allylic oxidation sites excluding steroid dienone is 18. The van der Waals surface area contributed by atoms with Gasteiger partial charge in [-0.3, -0.25) is 0 Å². The molecule has 2 aliphatic carbocycles. The van der Waals surface area contributed by atoms with Crippen LogP contribution in [-0.2, 0) is 4.74 Å². The monoisotopic (exact) mass is 584 g/mol. The number of aliphatic hydroxyl groups excluding tert-OH is 2. The minimum absolute atomic E-state index is 0.00262. The highest BCUT2D eigenvalue weighted by Gasteiger charge is 2.74. The van der Waals surface area contributed by atoms with Gasteiger partial charge >= 0.3 is 0 Å². The minimum atomic E-state index is -0.291. The number of fused-ring (bicyclic) bond motifs is 1. The summed E-state index contributed by atoms with van der Waals surface area (Å²) in [6, 6.07) is 0. The van der Waals surface area contributed by atoms with E-state index in [1.54, 1.807) is 0 Å². The van der Waals surface area contributed by atoms with Crippen molar-refractivity contribution in [3.05, 3.63) is 119 Å². The molecule has 3 rings (SSSR count). The lowest BCUT2D eigenvalue weighted by atomic mass is 9.63. The topological polar surface area (TPSA) is 53.0 Å². The zero-order valence-corrected chi connectivity index (χ0v) is 28.4. The molecule has 3 heteroatoms. The Labute approximate surface area is 262 Å². The molecule has 1 aliphatic heterocycles. The maximum atomic E-state index is 10.2. The smallest absolute Gasteiger partial charge is 0.121 e. The van der Waals surface area contributed by atoms with Crippen molar-refractivity contribution in [3.63, 3.8) is 0 Å². The predicted octanol–water partition coefficient (Wildman–Crippen LogP) is 9.76. The molecular formula is C40H56O3. The van der Waals surface area contributed by atoms with Crippen LogP contribution in [0.2, 0.25) is 0 Å². The molecule has 1 saturated heterocycles. The van der Waals surface area contributed by atoms with Crippen LogP contribution in [0.25, 0.3) is 0 Å². The fourth-order valence-corrected chi connectivity index (χ4v) is 7.06. The van der Waals surface area contributed by atoms with Crippen LogP contribution in [0.1, 0.15) is 94.9 Å². The first-order chi connectivity index (χ1) is 20.0. The van der Waals surface area contributed by atoms with E-state index in [2.05, 4.69) is 154 Å². The molecule has 0 aromatic carbocycles. The van der Waals surface area contributed by atoms with E-state index >= 15 is 0 Å². The number of hydrogen-bond acceptors (Lipinski definition) is 3. The van der Waals surface area contributed by atoms with Crippen LogP contribution >= 0.6 is 0 Å². The number of epoxide rings is 1. The summed E-state index contributed by atoms with van der Waals surface area (Å²) in [5.74, 6) is 0. The summed E-state index contributed by atoms with van der Waals surface area (Å²) in [6.45, 7) is 21.5. The largest absolute Gasteiger partial charge is 0.393 e. The van der Waals surface area contributed by atoms with E-state index in [0.29, 0.717) is 6.42 Å². The Morgan fingerprint density at radius 3 is 1.72 bits per heavy atom. The Balaban J connectivity index is 1.50. The molecule has 4 atom stereocenters. The third-order valence-corrected chi connectivity index (χ3v) is 9.34. The second-order valence-electron chi connectivity index (χ2n) is 14.6. The molecule has 0 aromatic heterocycles. The van der Waals surface area contributed by atoms with Crippen molar-refractivity contribution in [2.24, 2.45) is 10.8 Å². The highest BCUT2D eigenvalue weighted by atomic mass is 16.6. The average Bonchev–Trinajstić information content (AvgIpc) is 3.49. The molecule has 1 heterocycles. The van der Waals surface area contributed by atoms with Crippen LogP contribution < -0.4 is 0 Å². The van der Waals surface area contributed by atoms with Crippen molar-refractivity contribution in [1.29, 1.82) is 0 Å². The number of rotatable bonds is 10. The lowest BCUT2D eigenvalue weighted by molar-refractivity contribution is 0.0515. The first-order valence-corrected chi connectivity index (χ1v) is 15.9. The quantitative estimate of drug-likeness (QED) is 0.198. The van der Waals surface area contributed by atoms with Gasteiger partial charge in [0.05, 0.1) is 12.2 Å². The first kappa shape index (κ1) is 34.8. The van der Waals surface area contributed by atoms with E-state index in [1.165, 1.54) is 33.4 Å². The second-order valence-corrected chi connectivity index (χ2v) is 14.6. The first-order valence-electron chi connectivity index (χ1n) is 15.9. The summed E-state index contributed by atoms with van der Waals surface area (Å²) in [4.78, 5) is 0.